The van der Waals surface area contributed by atoms with Crippen LogP contribution in [-0.2, 0) is 4.79 Å². The van der Waals surface area contributed by atoms with E-state index in [1.54, 1.807) is 6.07 Å². The van der Waals surface area contributed by atoms with Crippen molar-refractivity contribution in [3.8, 4) is 0 Å². The van der Waals surface area contributed by atoms with Crippen LogP contribution >= 0.6 is 31.9 Å². The second kappa shape index (κ2) is 6.14. The molecule has 0 atom stereocenters. The van der Waals surface area contributed by atoms with Gasteiger partial charge in [-0.25, -0.2) is 4.98 Å². The maximum Gasteiger partial charge on any atom is 0.225 e. The second-order valence-electron chi connectivity index (χ2n) is 2.69. The fourth-order valence-electron chi connectivity index (χ4n) is 0.911. The molecule has 0 saturated heterocycles. The highest BCUT2D eigenvalue weighted by atomic mass is 79.9. The van der Waals surface area contributed by atoms with Crippen molar-refractivity contribution in [2.45, 2.75) is 12.8 Å². The Kier molecular flexibility index (Phi) is 5.11. The van der Waals surface area contributed by atoms with Gasteiger partial charge in [0, 0.05) is 11.8 Å². The van der Waals surface area contributed by atoms with Gasteiger partial charge >= 0.3 is 0 Å². The van der Waals surface area contributed by atoms with E-state index in [-0.39, 0.29) is 5.91 Å². The first kappa shape index (κ1) is 11.7. The van der Waals surface area contributed by atoms with Crippen LogP contribution in [0.2, 0.25) is 0 Å². The number of carbonyl (C=O) groups excluding carboxylic acids is 1. The van der Waals surface area contributed by atoms with Gasteiger partial charge in [0.1, 0.15) is 10.4 Å². The minimum atomic E-state index is -0.00458. The molecule has 1 aromatic rings. The Bertz CT molecular complexity index is 317. The Morgan fingerprint density at radius 2 is 2.29 bits per heavy atom. The number of rotatable bonds is 4. The molecule has 0 radical (unpaired) electrons. The van der Waals surface area contributed by atoms with Crippen molar-refractivity contribution >= 4 is 43.6 Å². The first-order valence-corrected chi connectivity index (χ1v) is 6.12. The summed E-state index contributed by atoms with van der Waals surface area (Å²) in [5.41, 5.74) is 0. The lowest BCUT2D eigenvalue weighted by molar-refractivity contribution is -0.116. The van der Waals surface area contributed by atoms with Gasteiger partial charge in [0.25, 0.3) is 0 Å². The molecular weight excluding hydrogens is 312 g/mol. The maximum absolute atomic E-state index is 11.3. The van der Waals surface area contributed by atoms with E-state index < -0.39 is 0 Å². The highest BCUT2D eigenvalue weighted by molar-refractivity contribution is 9.10. The molecule has 0 aliphatic heterocycles. The quantitative estimate of drug-likeness (QED) is 0.684. The number of carbonyl (C=O) groups is 1. The minimum absolute atomic E-state index is 0.00458. The molecule has 1 aromatic heterocycles. The summed E-state index contributed by atoms with van der Waals surface area (Å²) >= 11 is 6.51. The molecule has 1 amide bonds. The monoisotopic (exact) mass is 320 g/mol. The Labute approximate surface area is 99.6 Å². The molecule has 0 aromatic carbocycles. The molecule has 0 spiro atoms. The Morgan fingerprint density at radius 1 is 1.50 bits per heavy atom. The zero-order chi connectivity index (χ0) is 10.4. The first-order valence-electron chi connectivity index (χ1n) is 4.21. The van der Waals surface area contributed by atoms with Gasteiger partial charge in [-0.3, -0.25) is 4.79 Å². The molecule has 0 saturated carbocycles. The number of pyridine rings is 1. The normalized spacial score (nSPS) is 9.86. The summed E-state index contributed by atoms with van der Waals surface area (Å²) in [5, 5.41) is 3.56. The molecule has 1 rings (SSSR count). The fourth-order valence-corrected chi connectivity index (χ4v) is 1.53. The average molecular weight is 322 g/mol. The van der Waals surface area contributed by atoms with E-state index in [1.165, 1.54) is 0 Å². The molecule has 0 fully saturated rings. The second-order valence-corrected chi connectivity index (χ2v) is 4.29. The van der Waals surface area contributed by atoms with Crippen molar-refractivity contribution in [3.05, 3.63) is 22.8 Å². The van der Waals surface area contributed by atoms with Crippen LogP contribution < -0.4 is 5.32 Å². The molecule has 0 aliphatic rings. The van der Waals surface area contributed by atoms with E-state index in [0.29, 0.717) is 12.2 Å². The van der Waals surface area contributed by atoms with E-state index in [9.17, 15) is 4.79 Å². The van der Waals surface area contributed by atoms with Gasteiger partial charge in [0.15, 0.2) is 0 Å². The summed E-state index contributed by atoms with van der Waals surface area (Å²) in [4.78, 5) is 15.4. The van der Waals surface area contributed by atoms with Crippen molar-refractivity contribution in [2.75, 3.05) is 10.6 Å². The lowest BCUT2D eigenvalue weighted by Gasteiger charge is -2.03. The molecule has 1 heterocycles. The van der Waals surface area contributed by atoms with Gasteiger partial charge < -0.3 is 5.32 Å². The molecule has 0 unspecified atom stereocenters. The zero-order valence-electron chi connectivity index (χ0n) is 7.46. The smallest absolute Gasteiger partial charge is 0.225 e. The van der Waals surface area contributed by atoms with Gasteiger partial charge in [-0.1, -0.05) is 22.0 Å². The zero-order valence-corrected chi connectivity index (χ0v) is 10.6. The highest BCUT2D eigenvalue weighted by Crippen LogP contribution is 2.10. The number of hydrogen-bond donors (Lipinski definition) is 1. The molecule has 1 N–H and O–H groups in total. The third-order valence-electron chi connectivity index (χ3n) is 1.52. The van der Waals surface area contributed by atoms with Gasteiger partial charge in [-0.05, 0) is 34.5 Å². The SMILES string of the molecule is O=C(CCCBr)Nc1cccc(Br)n1. The predicted molar refractivity (Wildman–Crippen MR) is 63.6 cm³/mol. The van der Waals surface area contributed by atoms with Crippen molar-refractivity contribution in [1.82, 2.24) is 4.98 Å². The largest absolute Gasteiger partial charge is 0.311 e. The van der Waals surface area contributed by atoms with Gasteiger partial charge in [0.2, 0.25) is 5.91 Å². The van der Waals surface area contributed by atoms with Crippen molar-refractivity contribution in [2.24, 2.45) is 0 Å². The summed E-state index contributed by atoms with van der Waals surface area (Å²) in [6.07, 6.45) is 1.35. The third-order valence-corrected chi connectivity index (χ3v) is 2.52. The molecular formula is C9H10Br2N2O. The fraction of sp³-hybridized carbons (Fsp3) is 0.333. The Balaban J connectivity index is 2.47. The van der Waals surface area contributed by atoms with Crippen LogP contribution in [0.5, 0.6) is 0 Å². The lowest BCUT2D eigenvalue weighted by Crippen LogP contribution is -2.12. The third kappa shape index (κ3) is 4.19. The van der Waals surface area contributed by atoms with Crippen LogP contribution in [0, 0.1) is 0 Å². The lowest BCUT2D eigenvalue weighted by atomic mass is 10.3. The van der Waals surface area contributed by atoms with E-state index in [4.69, 9.17) is 0 Å². The predicted octanol–water partition coefficient (Wildman–Crippen LogP) is 2.96. The van der Waals surface area contributed by atoms with Crippen LogP contribution in [0.3, 0.4) is 0 Å². The van der Waals surface area contributed by atoms with Crippen LogP contribution in [-0.4, -0.2) is 16.2 Å². The number of nitrogens with one attached hydrogen (secondary N) is 1. The Hall–Kier alpha value is -0.420. The van der Waals surface area contributed by atoms with Crippen molar-refractivity contribution < 1.29 is 4.79 Å². The summed E-state index contributed by atoms with van der Waals surface area (Å²) < 4.78 is 0.718. The topological polar surface area (TPSA) is 42.0 Å². The summed E-state index contributed by atoms with van der Waals surface area (Å²) in [6.45, 7) is 0. The Morgan fingerprint density at radius 3 is 2.93 bits per heavy atom. The molecule has 3 nitrogen and oxygen atoms in total. The number of halogens is 2. The molecule has 0 bridgehead atoms. The number of aromatic nitrogens is 1. The van der Waals surface area contributed by atoms with Gasteiger partial charge in [0.05, 0.1) is 0 Å². The first-order chi connectivity index (χ1) is 6.72. The summed E-state index contributed by atoms with van der Waals surface area (Å²) in [5.74, 6) is 0.578. The molecule has 76 valence electrons. The van der Waals surface area contributed by atoms with E-state index in [0.717, 1.165) is 16.4 Å². The van der Waals surface area contributed by atoms with Crippen molar-refractivity contribution in [3.63, 3.8) is 0 Å². The van der Waals surface area contributed by atoms with Gasteiger partial charge in [-0.15, -0.1) is 0 Å². The molecule has 0 aliphatic carbocycles. The van der Waals surface area contributed by atoms with Crippen molar-refractivity contribution in [1.29, 1.82) is 0 Å². The molecule has 14 heavy (non-hydrogen) atoms. The molecule has 5 heteroatoms. The number of nitrogens with zero attached hydrogens (tertiary/aromatic N) is 1. The van der Waals surface area contributed by atoms with Crippen LogP contribution in [0.1, 0.15) is 12.8 Å². The van der Waals surface area contributed by atoms with Crippen LogP contribution in [0.4, 0.5) is 5.82 Å². The standard InChI is InChI=1S/C9H10Br2N2O/c10-6-2-5-9(14)13-8-4-1-3-7(11)12-8/h1,3-4H,2,5-6H2,(H,12,13,14). The number of anilines is 1. The minimum Gasteiger partial charge on any atom is -0.311 e. The number of alkyl halides is 1. The van der Waals surface area contributed by atoms with E-state index in [2.05, 4.69) is 42.2 Å². The van der Waals surface area contributed by atoms with Crippen LogP contribution in [0.15, 0.2) is 22.8 Å². The number of hydrogen-bond acceptors (Lipinski definition) is 2. The number of amides is 1. The van der Waals surface area contributed by atoms with E-state index >= 15 is 0 Å². The highest BCUT2D eigenvalue weighted by Gasteiger charge is 2.02. The summed E-state index contributed by atoms with van der Waals surface area (Å²) in [6, 6.07) is 5.40. The van der Waals surface area contributed by atoms with E-state index in [1.807, 2.05) is 12.1 Å². The van der Waals surface area contributed by atoms with Gasteiger partial charge in [-0.2, -0.15) is 0 Å². The average Bonchev–Trinajstić information content (AvgIpc) is 2.15. The van der Waals surface area contributed by atoms with Crippen LogP contribution in [0.25, 0.3) is 0 Å². The summed E-state index contributed by atoms with van der Waals surface area (Å²) in [7, 11) is 0. The maximum atomic E-state index is 11.3.